The molecule has 0 fully saturated rings. The summed E-state index contributed by atoms with van der Waals surface area (Å²) in [6, 6.07) is 10.8. The minimum Gasteiger partial charge on any atom is -0.389 e. The molecule has 108 valence electrons. The fraction of sp³-hybridized carbons (Fsp3) is 0.125. The lowest BCUT2D eigenvalue weighted by molar-refractivity contribution is 0.102. The SMILES string of the molecule is Cc1ccc(C(N)=S)cc1NC(=O)c1cccc(C)c1Cl. The minimum atomic E-state index is -0.258. The average Bonchev–Trinajstić information content (AvgIpc) is 2.43. The highest BCUT2D eigenvalue weighted by atomic mass is 35.5. The Morgan fingerprint density at radius 2 is 1.90 bits per heavy atom. The summed E-state index contributed by atoms with van der Waals surface area (Å²) in [6.45, 7) is 3.76. The molecule has 2 aromatic rings. The van der Waals surface area contributed by atoms with Gasteiger partial charge in [-0.25, -0.2) is 0 Å². The number of nitrogens with two attached hydrogens (primary N) is 1. The maximum Gasteiger partial charge on any atom is 0.257 e. The van der Waals surface area contributed by atoms with Gasteiger partial charge in [0.15, 0.2) is 0 Å². The van der Waals surface area contributed by atoms with Crippen LogP contribution in [0, 0.1) is 13.8 Å². The highest BCUT2D eigenvalue weighted by Crippen LogP contribution is 2.23. The number of benzene rings is 2. The molecule has 5 heteroatoms. The summed E-state index contributed by atoms with van der Waals surface area (Å²) < 4.78 is 0. The molecule has 3 N–H and O–H groups in total. The van der Waals surface area contributed by atoms with Crippen molar-refractivity contribution in [1.29, 1.82) is 0 Å². The van der Waals surface area contributed by atoms with Crippen LogP contribution in [0.2, 0.25) is 5.02 Å². The fourth-order valence-electron chi connectivity index (χ4n) is 1.92. The summed E-state index contributed by atoms with van der Waals surface area (Å²) in [5.41, 5.74) is 9.22. The molecule has 0 aliphatic carbocycles. The smallest absolute Gasteiger partial charge is 0.257 e. The van der Waals surface area contributed by atoms with Crippen LogP contribution in [0.5, 0.6) is 0 Å². The molecule has 2 aromatic carbocycles. The normalized spacial score (nSPS) is 10.2. The van der Waals surface area contributed by atoms with Crippen molar-refractivity contribution in [3.05, 3.63) is 63.7 Å². The molecular formula is C16H15ClN2OS. The molecule has 21 heavy (non-hydrogen) atoms. The van der Waals surface area contributed by atoms with Crippen LogP contribution in [0.15, 0.2) is 36.4 Å². The summed E-state index contributed by atoms with van der Waals surface area (Å²) in [4.78, 5) is 12.7. The largest absolute Gasteiger partial charge is 0.389 e. The van der Waals surface area contributed by atoms with E-state index >= 15 is 0 Å². The molecule has 0 unspecified atom stereocenters. The predicted octanol–water partition coefficient (Wildman–Crippen LogP) is 3.84. The molecule has 0 spiro atoms. The van der Waals surface area contributed by atoms with Crippen molar-refractivity contribution in [2.75, 3.05) is 5.32 Å². The van der Waals surface area contributed by atoms with E-state index in [1.807, 2.05) is 32.0 Å². The van der Waals surface area contributed by atoms with E-state index in [2.05, 4.69) is 5.32 Å². The zero-order valence-corrected chi connectivity index (χ0v) is 13.3. The lowest BCUT2D eigenvalue weighted by Crippen LogP contribution is -2.15. The van der Waals surface area contributed by atoms with Crippen LogP contribution >= 0.6 is 23.8 Å². The number of rotatable bonds is 3. The number of hydrogen-bond acceptors (Lipinski definition) is 2. The molecule has 2 rings (SSSR count). The Kier molecular flexibility index (Phi) is 4.60. The monoisotopic (exact) mass is 318 g/mol. The molecule has 0 saturated carbocycles. The van der Waals surface area contributed by atoms with Gasteiger partial charge < -0.3 is 11.1 Å². The second-order valence-corrected chi connectivity index (χ2v) is 5.60. The van der Waals surface area contributed by atoms with Gasteiger partial charge in [-0.1, -0.05) is 48.1 Å². The maximum absolute atomic E-state index is 12.4. The Labute approximate surface area is 134 Å². The van der Waals surface area contributed by atoms with Crippen molar-refractivity contribution in [3.8, 4) is 0 Å². The van der Waals surface area contributed by atoms with Crippen LogP contribution in [-0.2, 0) is 0 Å². The lowest BCUT2D eigenvalue weighted by atomic mass is 10.1. The Hall–Kier alpha value is -1.91. The number of amides is 1. The summed E-state index contributed by atoms with van der Waals surface area (Å²) in [6.07, 6.45) is 0. The van der Waals surface area contributed by atoms with Gasteiger partial charge in [0.05, 0.1) is 10.6 Å². The molecule has 1 amide bonds. The molecular weight excluding hydrogens is 304 g/mol. The maximum atomic E-state index is 12.4. The van der Waals surface area contributed by atoms with Gasteiger partial charge >= 0.3 is 0 Å². The summed E-state index contributed by atoms with van der Waals surface area (Å²) >= 11 is 11.1. The average molecular weight is 319 g/mol. The van der Waals surface area contributed by atoms with Gasteiger partial charge in [0.1, 0.15) is 4.99 Å². The number of thiocarbonyl (C=S) groups is 1. The van der Waals surface area contributed by atoms with E-state index in [9.17, 15) is 4.79 Å². The predicted molar refractivity (Wildman–Crippen MR) is 91.2 cm³/mol. The zero-order chi connectivity index (χ0) is 15.6. The summed E-state index contributed by atoms with van der Waals surface area (Å²) in [5.74, 6) is -0.258. The Morgan fingerprint density at radius 3 is 2.57 bits per heavy atom. The number of carbonyl (C=O) groups is 1. The van der Waals surface area contributed by atoms with Gasteiger partial charge in [0.2, 0.25) is 0 Å². The Bertz CT molecular complexity index is 728. The standard InChI is InChI=1S/C16H15ClN2OS/c1-9-6-7-11(15(18)21)8-13(9)19-16(20)12-5-3-4-10(2)14(12)17/h3-8H,1-2H3,(H2,18,21)(H,19,20). The second-order valence-electron chi connectivity index (χ2n) is 4.78. The third-order valence-corrected chi connectivity index (χ3v) is 3.94. The van der Waals surface area contributed by atoms with Crippen molar-refractivity contribution in [2.24, 2.45) is 5.73 Å². The van der Waals surface area contributed by atoms with Crippen LogP contribution in [0.4, 0.5) is 5.69 Å². The van der Waals surface area contributed by atoms with Crippen LogP contribution in [0.25, 0.3) is 0 Å². The van der Waals surface area contributed by atoms with Gasteiger partial charge in [-0.15, -0.1) is 0 Å². The summed E-state index contributed by atoms with van der Waals surface area (Å²) in [5, 5.41) is 3.31. The fourth-order valence-corrected chi connectivity index (χ4v) is 2.26. The first-order valence-corrected chi connectivity index (χ1v) is 7.15. The first kappa shape index (κ1) is 15.5. The Morgan fingerprint density at radius 1 is 1.19 bits per heavy atom. The molecule has 0 aliphatic rings. The van der Waals surface area contributed by atoms with E-state index in [0.717, 1.165) is 11.1 Å². The van der Waals surface area contributed by atoms with Crippen LogP contribution in [-0.4, -0.2) is 10.9 Å². The van der Waals surface area contributed by atoms with Crippen molar-refractivity contribution in [3.63, 3.8) is 0 Å². The third kappa shape index (κ3) is 3.40. The highest BCUT2D eigenvalue weighted by molar-refractivity contribution is 7.80. The molecule has 0 heterocycles. The number of halogens is 1. The van der Waals surface area contributed by atoms with E-state index in [1.54, 1.807) is 18.2 Å². The van der Waals surface area contributed by atoms with E-state index in [0.29, 0.717) is 26.8 Å². The molecule has 0 saturated heterocycles. The first-order valence-electron chi connectivity index (χ1n) is 6.37. The molecule has 0 atom stereocenters. The number of hydrogen-bond donors (Lipinski definition) is 2. The van der Waals surface area contributed by atoms with Gasteiger partial charge in [-0.05, 0) is 37.1 Å². The number of anilines is 1. The van der Waals surface area contributed by atoms with Crippen molar-refractivity contribution in [2.45, 2.75) is 13.8 Å². The van der Waals surface area contributed by atoms with Gasteiger partial charge in [0, 0.05) is 11.3 Å². The third-order valence-electron chi connectivity index (χ3n) is 3.21. The molecule has 0 aliphatic heterocycles. The van der Waals surface area contributed by atoms with Crippen molar-refractivity contribution in [1.82, 2.24) is 0 Å². The number of nitrogens with one attached hydrogen (secondary N) is 1. The number of aryl methyl sites for hydroxylation is 2. The second kappa shape index (κ2) is 6.24. The van der Waals surface area contributed by atoms with Gasteiger partial charge in [-0.3, -0.25) is 4.79 Å². The Balaban J connectivity index is 2.33. The van der Waals surface area contributed by atoms with Crippen LogP contribution in [0.1, 0.15) is 27.0 Å². The lowest BCUT2D eigenvalue weighted by Gasteiger charge is -2.11. The van der Waals surface area contributed by atoms with Crippen LogP contribution in [0.3, 0.4) is 0 Å². The highest BCUT2D eigenvalue weighted by Gasteiger charge is 2.13. The van der Waals surface area contributed by atoms with Crippen LogP contribution < -0.4 is 11.1 Å². The van der Waals surface area contributed by atoms with E-state index < -0.39 is 0 Å². The van der Waals surface area contributed by atoms with Crippen molar-refractivity contribution >= 4 is 40.4 Å². The quantitative estimate of drug-likeness (QED) is 0.845. The molecule has 3 nitrogen and oxygen atoms in total. The topological polar surface area (TPSA) is 55.1 Å². The first-order chi connectivity index (χ1) is 9.90. The molecule has 0 aromatic heterocycles. The van der Waals surface area contributed by atoms with E-state index in [4.69, 9.17) is 29.6 Å². The van der Waals surface area contributed by atoms with Crippen molar-refractivity contribution < 1.29 is 4.79 Å². The van der Waals surface area contributed by atoms with Gasteiger partial charge in [0.25, 0.3) is 5.91 Å². The summed E-state index contributed by atoms with van der Waals surface area (Å²) in [7, 11) is 0. The van der Waals surface area contributed by atoms with E-state index in [1.165, 1.54) is 0 Å². The zero-order valence-electron chi connectivity index (χ0n) is 11.7. The minimum absolute atomic E-state index is 0.258. The molecule has 0 bridgehead atoms. The van der Waals surface area contributed by atoms with E-state index in [-0.39, 0.29) is 5.91 Å². The number of carbonyl (C=O) groups excluding carboxylic acids is 1. The molecule has 0 radical (unpaired) electrons. The van der Waals surface area contributed by atoms with Gasteiger partial charge in [-0.2, -0.15) is 0 Å².